The van der Waals surface area contributed by atoms with E-state index in [1.54, 1.807) is 16.9 Å². The highest BCUT2D eigenvalue weighted by molar-refractivity contribution is 6.31. The topological polar surface area (TPSA) is 17.8 Å². The van der Waals surface area contributed by atoms with Crippen LogP contribution in [0, 0.1) is 6.20 Å². The van der Waals surface area contributed by atoms with E-state index >= 15 is 0 Å². The minimum atomic E-state index is 0.673. The molecule has 0 N–H and O–H groups in total. The van der Waals surface area contributed by atoms with Gasteiger partial charge in [-0.2, -0.15) is 5.10 Å². The molecule has 0 aliphatic carbocycles. The molecular weight excluding hydrogens is 184 g/mol. The molecule has 2 aromatic rings. The Morgan fingerprint density at radius 2 is 2.23 bits per heavy atom. The second-order valence-corrected chi connectivity index (χ2v) is 3.12. The molecule has 2 rings (SSSR count). The van der Waals surface area contributed by atoms with Crippen LogP contribution in [0.5, 0.6) is 0 Å². The van der Waals surface area contributed by atoms with Crippen LogP contribution in [0.15, 0.2) is 36.5 Å². The molecule has 0 atom stereocenters. The Bertz CT molecular complexity index is 382. The van der Waals surface area contributed by atoms with E-state index < -0.39 is 0 Å². The molecule has 13 heavy (non-hydrogen) atoms. The lowest BCUT2D eigenvalue weighted by Crippen LogP contribution is -2.00. The number of hydrogen-bond acceptors (Lipinski definition) is 1. The van der Waals surface area contributed by atoms with E-state index in [0.29, 0.717) is 6.54 Å². The summed E-state index contributed by atoms with van der Waals surface area (Å²) in [5, 5.41) is 4.82. The van der Waals surface area contributed by atoms with Crippen molar-refractivity contribution in [1.82, 2.24) is 9.78 Å². The fourth-order valence-corrected chi connectivity index (χ4v) is 1.34. The first-order valence-corrected chi connectivity index (χ1v) is 4.37. The summed E-state index contributed by atoms with van der Waals surface area (Å²) in [5.41, 5.74) is 1.06. The van der Waals surface area contributed by atoms with Crippen LogP contribution in [0.25, 0.3) is 0 Å². The van der Waals surface area contributed by atoms with Crippen molar-refractivity contribution >= 4 is 11.6 Å². The predicted octanol–water partition coefficient (Wildman–Crippen LogP) is 2.38. The molecule has 65 valence electrons. The van der Waals surface area contributed by atoms with E-state index in [1.807, 2.05) is 24.3 Å². The van der Waals surface area contributed by atoms with Gasteiger partial charge in [-0.1, -0.05) is 29.8 Å². The summed E-state index contributed by atoms with van der Waals surface area (Å²) in [6, 6.07) is 9.51. The van der Waals surface area contributed by atoms with E-state index in [1.165, 1.54) is 0 Å². The van der Waals surface area contributed by atoms with E-state index in [4.69, 9.17) is 11.6 Å². The van der Waals surface area contributed by atoms with E-state index in [2.05, 4.69) is 11.3 Å². The van der Waals surface area contributed by atoms with Crippen LogP contribution in [0.4, 0.5) is 0 Å². The van der Waals surface area contributed by atoms with Crippen molar-refractivity contribution in [3.05, 3.63) is 53.3 Å². The highest BCUT2D eigenvalue weighted by Crippen LogP contribution is 2.15. The third kappa shape index (κ3) is 1.90. The maximum Gasteiger partial charge on any atom is 0.0867 e. The standard InChI is InChI=1S/C10H8ClN2/c11-10-5-2-1-4-9(10)8-13-7-3-6-12-13/h1-6H,8H2. The maximum atomic E-state index is 5.99. The molecule has 0 saturated carbocycles. The van der Waals surface area contributed by atoms with Crippen molar-refractivity contribution in [3.63, 3.8) is 0 Å². The number of hydrogen-bond donors (Lipinski definition) is 0. The Labute approximate surface area is 81.8 Å². The van der Waals surface area contributed by atoms with Crippen LogP contribution in [-0.4, -0.2) is 9.78 Å². The van der Waals surface area contributed by atoms with Crippen LogP contribution >= 0.6 is 11.6 Å². The normalized spacial score (nSPS) is 10.2. The summed E-state index contributed by atoms with van der Waals surface area (Å²) in [4.78, 5) is 0. The van der Waals surface area contributed by atoms with Gasteiger partial charge >= 0.3 is 0 Å². The van der Waals surface area contributed by atoms with Gasteiger partial charge < -0.3 is 0 Å². The number of aromatic nitrogens is 2. The first kappa shape index (κ1) is 8.32. The van der Waals surface area contributed by atoms with Gasteiger partial charge in [0.25, 0.3) is 0 Å². The predicted molar refractivity (Wildman–Crippen MR) is 51.6 cm³/mol. The van der Waals surface area contributed by atoms with Crippen LogP contribution in [0.3, 0.4) is 0 Å². The lowest BCUT2D eigenvalue weighted by molar-refractivity contribution is 0.682. The Balaban J connectivity index is 2.24. The first-order valence-electron chi connectivity index (χ1n) is 3.99. The van der Waals surface area contributed by atoms with Crippen LogP contribution in [0.1, 0.15) is 5.56 Å². The third-order valence-corrected chi connectivity index (χ3v) is 2.15. The van der Waals surface area contributed by atoms with Gasteiger partial charge in [0.1, 0.15) is 0 Å². The zero-order valence-electron chi connectivity index (χ0n) is 6.94. The number of rotatable bonds is 2. The summed E-state index contributed by atoms with van der Waals surface area (Å²) in [7, 11) is 0. The second kappa shape index (κ2) is 3.62. The average molecular weight is 192 g/mol. The first-order chi connectivity index (χ1) is 6.36. The van der Waals surface area contributed by atoms with Gasteiger partial charge in [-0.3, -0.25) is 4.68 Å². The van der Waals surface area contributed by atoms with Gasteiger partial charge in [0.15, 0.2) is 0 Å². The quantitative estimate of drug-likeness (QED) is 0.713. The molecule has 0 amide bonds. The smallest absolute Gasteiger partial charge is 0.0867 e. The van der Waals surface area contributed by atoms with Gasteiger partial charge in [-0.15, -0.1) is 0 Å². The highest BCUT2D eigenvalue weighted by atomic mass is 35.5. The van der Waals surface area contributed by atoms with Crippen molar-refractivity contribution < 1.29 is 0 Å². The minimum absolute atomic E-state index is 0.673. The Morgan fingerprint density at radius 3 is 2.92 bits per heavy atom. The molecule has 2 nitrogen and oxygen atoms in total. The molecule has 1 aromatic carbocycles. The lowest BCUT2D eigenvalue weighted by Gasteiger charge is -2.02. The van der Waals surface area contributed by atoms with Crippen molar-refractivity contribution in [3.8, 4) is 0 Å². The monoisotopic (exact) mass is 191 g/mol. The summed E-state index contributed by atoms with van der Waals surface area (Å²) in [5.74, 6) is 0. The van der Waals surface area contributed by atoms with Crippen LogP contribution in [-0.2, 0) is 6.54 Å². The van der Waals surface area contributed by atoms with Crippen molar-refractivity contribution in [1.29, 1.82) is 0 Å². The number of benzene rings is 1. The van der Waals surface area contributed by atoms with Gasteiger partial charge in [0, 0.05) is 11.2 Å². The summed E-state index contributed by atoms with van der Waals surface area (Å²) in [6.07, 6.45) is 4.66. The SMILES string of the molecule is Clc1ccccc1Cn1[c]ccn1. The van der Waals surface area contributed by atoms with Gasteiger partial charge in [-0.25, -0.2) is 0 Å². The molecular formula is C10H8ClN2. The molecule has 0 fully saturated rings. The third-order valence-electron chi connectivity index (χ3n) is 1.78. The zero-order chi connectivity index (χ0) is 9.10. The van der Waals surface area contributed by atoms with E-state index in [0.717, 1.165) is 10.6 Å². The molecule has 1 heterocycles. The second-order valence-electron chi connectivity index (χ2n) is 2.71. The molecule has 3 heteroatoms. The molecule has 0 aliphatic rings. The minimum Gasteiger partial charge on any atom is -0.259 e. The molecule has 1 aromatic heterocycles. The van der Waals surface area contributed by atoms with E-state index in [-0.39, 0.29) is 0 Å². The number of nitrogens with zero attached hydrogens (tertiary/aromatic N) is 2. The van der Waals surface area contributed by atoms with Crippen molar-refractivity contribution in [2.75, 3.05) is 0 Å². The molecule has 0 spiro atoms. The summed E-state index contributed by atoms with van der Waals surface area (Å²) >= 11 is 5.99. The zero-order valence-corrected chi connectivity index (χ0v) is 7.70. The Kier molecular flexibility index (Phi) is 2.32. The highest BCUT2D eigenvalue weighted by Gasteiger charge is 1.99. The summed E-state index contributed by atoms with van der Waals surface area (Å²) in [6.45, 7) is 0.673. The fraction of sp³-hybridized carbons (Fsp3) is 0.100. The van der Waals surface area contributed by atoms with Crippen LogP contribution < -0.4 is 0 Å². The van der Waals surface area contributed by atoms with Gasteiger partial charge in [-0.05, 0) is 17.7 Å². The largest absolute Gasteiger partial charge is 0.259 e. The Hall–Kier alpha value is -1.28. The van der Waals surface area contributed by atoms with E-state index in [9.17, 15) is 0 Å². The maximum absolute atomic E-state index is 5.99. The molecule has 0 bridgehead atoms. The van der Waals surface area contributed by atoms with Crippen molar-refractivity contribution in [2.45, 2.75) is 6.54 Å². The van der Waals surface area contributed by atoms with Gasteiger partial charge in [0.05, 0.1) is 12.7 Å². The van der Waals surface area contributed by atoms with Gasteiger partial charge in [0.2, 0.25) is 0 Å². The summed E-state index contributed by atoms with van der Waals surface area (Å²) < 4.78 is 1.72. The average Bonchev–Trinajstić information content (AvgIpc) is 2.61. The molecule has 0 aliphatic heterocycles. The molecule has 1 radical (unpaired) electrons. The lowest BCUT2D eigenvalue weighted by atomic mass is 10.2. The van der Waals surface area contributed by atoms with Crippen molar-refractivity contribution in [2.24, 2.45) is 0 Å². The molecule has 0 saturated heterocycles. The fourth-order valence-electron chi connectivity index (χ4n) is 1.14. The Morgan fingerprint density at radius 1 is 1.38 bits per heavy atom. The van der Waals surface area contributed by atoms with Crippen LogP contribution in [0.2, 0.25) is 5.02 Å². The molecule has 0 unspecified atom stereocenters. The number of halogens is 1.